The third kappa shape index (κ3) is 12.3. The molecule has 0 atom stereocenters. The molecule has 1 saturated heterocycles. The van der Waals surface area contributed by atoms with Crippen molar-refractivity contribution >= 4 is 52.9 Å². The van der Waals surface area contributed by atoms with Crippen molar-refractivity contribution in [1.82, 2.24) is 54.0 Å². The molecule has 0 bridgehead atoms. The average Bonchev–Trinajstić information content (AvgIpc) is 4.07. The van der Waals surface area contributed by atoms with Gasteiger partial charge in [0.1, 0.15) is 11.4 Å². The number of imidazole rings is 2. The van der Waals surface area contributed by atoms with Gasteiger partial charge in [0.25, 0.3) is 0 Å². The van der Waals surface area contributed by atoms with E-state index in [1.54, 1.807) is 96.0 Å². The van der Waals surface area contributed by atoms with Gasteiger partial charge in [-0.3, -0.25) is 15.0 Å². The van der Waals surface area contributed by atoms with Crippen LogP contribution in [-0.2, 0) is 17.3 Å². The Morgan fingerprint density at radius 1 is 0.667 bits per heavy atom. The van der Waals surface area contributed by atoms with Gasteiger partial charge in [0.2, 0.25) is 11.9 Å². The highest BCUT2D eigenvalue weighted by Gasteiger charge is 2.31. The SMILES string of the molecule is Cc1cn(-c2cc(Nc3ccc(/C=N/Nc4ncc(F)c(-c5cncc(Cc6cn(-c7cc(O)cc(Nc8ccc(/C=N/Nc9ncc(F)c(N%10CCOCC%10)n9)nc8)c7)cn6)c5)n4)nc3)cc(C(F)(F)F)c2)cn1. The zero-order valence-corrected chi connectivity index (χ0v) is 39.3. The zero-order chi connectivity index (χ0) is 51.9. The van der Waals surface area contributed by atoms with E-state index in [0.717, 1.165) is 24.5 Å². The van der Waals surface area contributed by atoms with Gasteiger partial charge in [0, 0.05) is 79.1 Å². The number of aromatic nitrogens is 11. The number of nitrogens with one attached hydrogen (secondary N) is 4. The molecule has 1 aliphatic rings. The van der Waals surface area contributed by atoms with Crippen LogP contribution in [0.25, 0.3) is 22.6 Å². The summed E-state index contributed by atoms with van der Waals surface area (Å²) in [4.78, 5) is 40.1. The summed E-state index contributed by atoms with van der Waals surface area (Å²) in [5.74, 6) is -0.920. The fourth-order valence-electron chi connectivity index (χ4n) is 7.68. The van der Waals surface area contributed by atoms with Gasteiger partial charge in [-0.15, -0.1) is 0 Å². The molecule has 75 heavy (non-hydrogen) atoms. The van der Waals surface area contributed by atoms with Crippen LogP contribution >= 0.6 is 0 Å². The molecule has 0 spiro atoms. The number of hydrogen-bond donors (Lipinski definition) is 5. The van der Waals surface area contributed by atoms with Crippen molar-refractivity contribution in [1.29, 1.82) is 0 Å². The van der Waals surface area contributed by atoms with Gasteiger partial charge in [-0.2, -0.15) is 28.4 Å². The van der Waals surface area contributed by atoms with Crippen LogP contribution < -0.4 is 26.4 Å². The van der Waals surface area contributed by atoms with Crippen molar-refractivity contribution < 1.29 is 31.8 Å². The predicted molar refractivity (Wildman–Crippen MR) is 269 cm³/mol. The predicted octanol–water partition coefficient (Wildman–Crippen LogP) is 8.61. The Morgan fingerprint density at radius 3 is 1.96 bits per heavy atom. The van der Waals surface area contributed by atoms with Crippen LogP contribution in [0.1, 0.15) is 33.9 Å². The summed E-state index contributed by atoms with van der Waals surface area (Å²) >= 11 is 0. The quantitative estimate of drug-likeness (QED) is 0.0346. The van der Waals surface area contributed by atoms with Crippen LogP contribution in [0.2, 0.25) is 0 Å². The van der Waals surface area contributed by atoms with Gasteiger partial charge < -0.3 is 34.5 Å². The number of phenolic OH excluding ortho intramolecular Hbond substituents is 1. The van der Waals surface area contributed by atoms with Crippen LogP contribution in [0.4, 0.5) is 62.4 Å². The van der Waals surface area contributed by atoms with Gasteiger partial charge in [-0.1, -0.05) is 0 Å². The number of anilines is 7. The molecule has 378 valence electrons. The highest BCUT2D eigenvalue weighted by molar-refractivity contribution is 5.79. The van der Waals surface area contributed by atoms with Crippen molar-refractivity contribution in [2.24, 2.45) is 10.2 Å². The van der Waals surface area contributed by atoms with Crippen LogP contribution in [0.15, 0.2) is 139 Å². The van der Waals surface area contributed by atoms with E-state index in [4.69, 9.17) is 4.74 Å². The maximum atomic E-state index is 15.2. The first-order chi connectivity index (χ1) is 36.3. The maximum Gasteiger partial charge on any atom is 0.416 e. The normalized spacial score (nSPS) is 12.9. The molecule has 9 aromatic rings. The molecule has 0 amide bonds. The molecule has 1 fully saturated rings. The van der Waals surface area contributed by atoms with Gasteiger partial charge in [-0.05, 0) is 67.1 Å². The Kier molecular flexibility index (Phi) is 14.0. The van der Waals surface area contributed by atoms with Crippen molar-refractivity contribution in [2.75, 3.05) is 52.7 Å². The minimum Gasteiger partial charge on any atom is -0.508 e. The molecule has 5 N–H and O–H groups in total. The number of hydrazone groups is 2. The zero-order valence-electron chi connectivity index (χ0n) is 39.3. The minimum atomic E-state index is -4.57. The number of halogens is 5. The second-order valence-corrected chi connectivity index (χ2v) is 16.7. The Labute approximate surface area is 422 Å². The van der Waals surface area contributed by atoms with Crippen molar-refractivity contribution in [2.45, 2.75) is 19.5 Å². The topological polar surface area (TPSA) is 231 Å². The molecule has 1 aliphatic heterocycles. The summed E-state index contributed by atoms with van der Waals surface area (Å²) in [5.41, 5.74) is 10.6. The monoisotopic (exact) mass is 1020 g/mol. The van der Waals surface area contributed by atoms with E-state index in [9.17, 15) is 22.7 Å². The van der Waals surface area contributed by atoms with E-state index in [-0.39, 0.29) is 40.5 Å². The number of phenols is 1. The van der Waals surface area contributed by atoms with E-state index >= 15 is 4.39 Å². The molecule has 2 aromatic carbocycles. The minimum absolute atomic E-state index is 0.00565. The van der Waals surface area contributed by atoms with Crippen molar-refractivity contribution in [3.05, 3.63) is 174 Å². The molecule has 20 nitrogen and oxygen atoms in total. The smallest absolute Gasteiger partial charge is 0.416 e. The number of alkyl halides is 3. The van der Waals surface area contributed by atoms with E-state index < -0.39 is 23.4 Å². The number of rotatable bonds is 16. The summed E-state index contributed by atoms with van der Waals surface area (Å²) < 4.78 is 79.5. The highest BCUT2D eigenvalue weighted by atomic mass is 19.4. The van der Waals surface area contributed by atoms with Gasteiger partial charge in [0.05, 0.1) is 108 Å². The first-order valence-electron chi connectivity index (χ1n) is 22.8. The number of nitrogens with zero attached hydrogens (tertiary/aromatic N) is 14. The van der Waals surface area contributed by atoms with Gasteiger partial charge in [-0.25, -0.2) is 44.6 Å². The van der Waals surface area contributed by atoms with Crippen LogP contribution in [-0.4, -0.2) is 97.8 Å². The molecule has 25 heteroatoms. The summed E-state index contributed by atoms with van der Waals surface area (Å²) in [6.07, 6.45) is 13.3. The third-order valence-corrected chi connectivity index (χ3v) is 11.2. The van der Waals surface area contributed by atoms with Crippen LogP contribution in [0.3, 0.4) is 0 Å². The van der Waals surface area contributed by atoms with Gasteiger partial charge >= 0.3 is 6.18 Å². The Balaban J connectivity index is 0.741. The van der Waals surface area contributed by atoms with Gasteiger partial charge in [0.15, 0.2) is 17.5 Å². The average molecular weight is 1020 g/mol. The second-order valence-electron chi connectivity index (χ2n) is 16.7. The molecule has 8 heterocycles. The molecular formula is C50H41F5N18O2. The lowest BCUT2D eigenvalue weighted by atomic mass is 10.1. The molecule has 7 aromatic heterocycles. The number of aromatic hydroxyl groups is 1. The van der Waals surface area contributed by atoms with Crippen molar-refractivity contribution in [3.63, 3.8) is 0 Å². The Hall–Kier alpha value is -9.78. The molecule has 0 saturated carbocycles. The summed E-state index contributed by atoms with van der Waals surface area (Å²) in [7, 11) is 0. The Morgan fingerprint density at radius 2 is 1.31 bits per heavy atom. The number of aryl methyl sites for hydroxylation is 1. The summed E-state index contributed by atoms with van der Waals surface area (Å²) in [6, 6.07) is 17.1. The number of benzene rings is 2. The van der Waals surface area contributed by atoms with E-state index in [1.165, 1.54) is 35.7 Å². The lowest BCUT2D eigenvalue weighted by molar-refractivity contribution is -0.137. The Bertz CT molecular complexity index is 3530. The summed E-state index contributed by atoms with van der Waals surface area (Å²) in [5, 5.41) is 25.2. The molecule has 10 rings (SSSR count). The molecule has 0 aliphatic carbocycles. The van der Waals surface area contributed by atoms with Crippen molar-refractivity contribution in [3.8, 4) is 28.4 Å². The molecule has 0 unspecified atom stereocenters. The fraction of sp³-hybridized carbons (Fsp3) is 0.140. The fourth-order valence-corrected chi connectivity index (χ4v) is 7.68. The van der Waals surface area contributed by atoms with E-state index in [0.29, 0.717) is 89.4 Å². The third-order valence-electron chi connectivity index (χ3n) is 11.2. The lowest BCUT2D eigenvalue weighted by Crippen LogP contribution is -2.37. The summed E-state index contributed by atoms with van der Waals surface area (Å²) in [6.45, 7) is 3.75. The largest absolute Gasteiger partial charge is 0.508 e. The lowest BCUT2D eigenvalue weighted by Gasteiger charge is -2.27. The number of hydrogen-bond acceptors (Lipinski definition) is 18. The highest BCUT2D eigenvalue weighted by Crippen LogP contribution is 2.34. The maximum absolute atomic E-state index is 15.2. The first-order valence-corrected chi connectivity index (χ1v) is 22.8. The first kappa shape index (κ1) is 48.8. The van der Waals surface area contributed by atoms with Crippen LogP contribution in [0, 0.1) is 18.6 Å². The molecule has 0 radical (unpaired) electrons. The number of morpholine rings is 1. The number of ether oxygens (including phenoxy) is 1. The number of pyridine rings is 3. The standard InChI is InChI=1S/C50H41F5N18O2/c1-30-26-72(28-61-30)41-13-33(50(53,54)55)12-38(14-41)65-36-4-2-34(57-20-36)22-63-69-48-59-24-44(51)46(67-48)32-10-31(18-56-19-32)11-40-27-73(29-62-40)42-15-39(16-43(74)17-42)66-37-5-3-35(58-21-37)23-64-70-49-60-25-45(52)47(68-49)71-6-8-75-9-7-71/h2-5,10,12-29,65-66,74H,6-9,11H2,1H3,(H,59,67,69)(H,60,68,70)/b63-22+,64-23+. The van der Waals surface area contributed by atoms with E-state index in [2.05, 4.69) is 76.5 Å². The van der Waals surface area contributed by atoms with Crippen LogP contribution in [0.5, 0.6) is 5.75 Å². The van der Waals surface area contributed by atoms with E-state index in [1.807, 2.05) is 6.07 Å². The molecular weight excluding hydrogens is 980 g/mol. The second kappa shape index (κ2) is 21.5.